The fourth-order valence-electron chi connectivity index (χ4n) is 2.19. The monoisotopic (exact) mass is 266 g/mol. The molecule has 4 heteroatoms. The van der Waals surface area contributed by atoms with Gasteiger partial charge in [-0.2, -0.15) is 0 Å². The normalized spacial score (nSPS) is 10.7. The molecule has 0 saturated carbocycles. The molecule has 0 fully saturated rings. The van der Waals surface area contributed by atoms with Crippen molar-refractivity contribution in [2.24, 2.45) is 0 Å². The van der Waals surface area contributed by atoms with Crippen LogP contribution >= 0.6 is 0 Å². The van der Waals surface area contributed by atoms with Gasteiger partial charge in [-0.3, -0.25) is 10.6 Å². The van der Waals surface area contributed by atoms with Crippen LogP contribution in [0.2, 0.25) is 0 Å². The van der Waals surface area contributed by atoms with Crippen molar-refractivity contribution >= 4 is 22.5 Å². The second-order valence-electron chi connectivity index (χ2n) is 4.55. The minimum Gasteiger partial charge on any atom is -0.452 e. The Bertz CT molecular complexity index is 763. The molecule has 0 radical (unpaired) electrons. The van der Waals surface area contributed by atoms with Gasteiger partial charge in [0.25, 0.3) is 0 Å². The van der Waals surface area contributed by atoms with E-state index in [-0.39, 0.29) is 5.84 Å². The molecule has 100 valence electrons. The van der Waals surface area contributed by atoms with E-state index < -0.39 is 0 Å². The van der Waals surface area contributed by atoms with E-state index in [0.29, 0.717) is 17.0 Å². The van der Waals surface area contributed by atoms with E-state index in [9.17, 15) is 5.21 Å². The third-order valence-corrected chi connectivity index (χ3v) is 3.27. The zero-order valence-corrected chi connectivity index (χ0v) is 11.0. The lowest BCUT2D eigenvalue weighted by Gasteiger charge is -2.16. The van der Waals surface area contributed by atoms with Crippen LogP contribution in [-0.2, 0) is 0 Å². The average Bonchev–Trinajstić information content (AvgIpc) is 2.84. The van der Waals surface area contributed by atoms with E-state index in [1.165, 1.54) is 0 Å². The molecule has 20 heavy (non-hydrogen) atoms. The van der Waals surface area contributed by atoms with Crippen molar-refractivity contribution in [2.75, 3.05) is 5.06 Å². The molecule has 4 nitrogen and oxygen atoms in total. The number of nitrogens with zero attached hydrogens (tertiary/aromatic N) is 1. The van der Waals surface area contributed by atoms with Crippen LogP contribution in [0, 0.1) is 12.3 Å². The minimum atomic E-state index is -0.0788. The summed E-state index contributed by atoms with van der Waals surface area (Å²) in [6.45, 7) is 1.88. The fraction of sp³-hybridized carbons (Fsp3) is 0.0625. The first-order valence-corrected chi connectivity index (χ1v) is 6.29. The second kappa shape index (κ2) is 4.83. The summed E-state index contributed by atoms with van der Waals surface area (Å²) < 4.78 is 5.68. The van der Waals surface area contributed by atoms with E-state index in [1.807, 2.05) is 37.3 Å². The van der Waals surface area contributed by atoms with Crippen LogP contribution in [0.3, 0.4) is 0 Å². The zero-order valence-electron chi connectivity index (χ0n) is 11.0. The minimum absolute atomic E-state index is 0.0788. The maximum atomic E-state index is 10.1. The zero-order chi connectivity index (χ0) is 14.1. The van der Waals surface area contributed by atoms with Gasteiger partial charge < -0.3 is 4.42 Å². The summed E-state index contributed by atoms with van der Waals surface area (Å²) in [5.74, 6) is 0.294. The third-order valence-electron chi connectivity index (χ3n) is 3.27. The third kappa shape index (κ3) is 1.96. The standard InChI is InChI=1S/C16H14N2O2/c1-11-13-9-5-6-10-14(13)20-15(11)16(17)18(19)12-7-3-2-4-8-12/h2-10,17,19H,1H3. The molecule has 0 amide bonds. The van der Waals surface area contributed by atoms with Crippen LogP contribution in [0.5, 0.6) is 0 Å². The van der Waals surface area contributed by atoms with Crippen LogP contribution in [-0.4, -0.2) is 11.0 Å². The van der Waals surface area contributed by atoms with Gasteiger partial charge >= 0.3 is 0 Å². The first-order valence-electron chi connectivity index (χ1n) is 6.29. The van der Waals surface area contributed by atoms with Gasteiger partial charge in [0.1, 0.15) is 5.58 Å². The predicted molar refractivity (Wildman–Crippen MR) is 78.5 cm³/mol. The highest BCUT2D eigenvalue weighted by atomic mass is 16.5. The quantitative estimate of drug-likeness (QED) is 0.419. The molecule has 0 aliphatic rings. The maximum absolute atomic E-state index is 10.1. The van der Waals surface area contributed by atoms with Crippen molar-refractivity contribution in [3.8, 4) is 0 Å². The number of benzene rings is 2. The van der Waals surface area contributed by atoms with Gasteiger partial charge in [-0.15, -0.1) is 0 Å². The lowest BCUT2D eigenvalue weighted by Crippen LogP contribution is -2.27. The number of rotatable bonds is 2. The summed E-state index contributed by atoms with van der Waals surface area (Å²) >= 11 is 0. The molecule has 3 rings (SSSR count). The molecule has 0 bridgehead atoms. The maximum Gasteiger partial charge on any atom is 0.193 e. The molecule has 2 N–H and O–H groups in total. The van der Waals surface area contributed by atoms with Crippen LogP contribution < -0.4 is 5.06 Å². The Labute approximate surface area is 116 Å². The first kappa shape index (κ1) is 12.4. The fourth-order valence-corrected chi connectivity index (χ4v) is 2.19. The van der Waals surface area contributed by atoms with Gasteiger partial charge in [0.15, 0.2) is 11.6 Å². The van der Waals surface area contributed by atoms with Crippen molar-refractivity contribution in [3.63, 3.8) is 0 Å². The van der Waals surface area contributed by atoms with Crippen molar-refractivity contribution in [1.82, 2.24) is 0 Å². The van der Waals surface area contributed by atoms with Gasteiger partial charge in [-0.1, -0.05) is 36.4 Å². The molecule has 1 aromatic heterocycles. The number of hydrogen-bond acceptors (Lipinski definition) is 3. The van der Waals surface area contributed by atoms with E-state index in [2.05, 4.69) is 0 Å². The Hall–Kier alpha value is -2.59. The number of amidine groups is 1. The number of aryl methyl sites for hydroxylation is 1. The Morgan fingerprint density at radius 3 is 2.40 bits per heavy atom. The molecule has 0 aliphatic heterocycles. The number of anilines is 1. The smallest absolute Gasteiger partial charge is 0.193 e. The highest BCUT2D eigenvalue weighted by Crippen LogP contribution is 2.26. The van der Waals surface area contributed by atoms with Crippen molar-refractivity contribution in [1.29, 1.82) is 5.41 Å². The van der Waals surface area contributed by atoms with Gasteiger partial charge in [-0.25, -0.2) is 5.06 Å². The number of hydrogen-bond donors (Lipinski definition) is 2. The predicted octanol–water partition coefficient (Wildman–Crippen LogP) is 3.96. The van der Waals surface area contributed by atoms with E-state index in [4.69, 9.17) is 9.83 Å². The second-order valence-corrected chi connectivity index (χ2v) is 4.55. The molecular formula is C16H14N2O2. The summed E-state index contributed by atoms with van der Waals surface area (Å²) in [6.07, 6.45) is 0. The van der Waals surface area contributed by atoms with Crippen molar-refractivity contribution in [3.05, 3.63) is 65.9 Å². The summed E-state index contributed by atoms with van der Waals surface area (Å²) in [5, 5.41) is 20.0. The van der Waals surface area contributed by atoms with Gasteiger partial charge in [0.2, 0.25) is 0 Å². The van der Waals surface area contributed by atoms with Crippen molar-refractivity contribution < 1.29 is 9.62 Å². The van der Waals surface area contributed by atoms with Crippen LogP contribution in [0.1, 0.15) is 11.3 Å². The van der Waals surface area contributed by atoms with Crippen LogP contribution in [0.4, 0.5) is 5.69 Å². The Balaban J connectivity index is 2.03. The molecule has 0 unspecified atom stereocenters. The molecule has 1 heterocycles. The molecular weight excluding hydrogens is 252 g/mol. The molecule has 0 spiro atoms. The molecule has 0 aliphatic carbocycles. The number of fused-ring (bicyclic) bond motifs is 1. The van der Waals surface area contributed by atoms with Crippen LogP contribution in [0.25, 0.3) is 11.0 Å². The summed E-state index contributed by atoms with van der Waals surface area (Å²) in [7, 11) is 0. The molecule has 0 atom stereocenters. The average molecular weight is 266 g/mol. The highest BCUT2D eigenvalue weighted by Gasteiger charge is 2.19. The van der Waals surface area contributed by atoms with Gasteiger partial charge in [-0.05, 0) is 25.1 Å². The topological polar surface area (TPSA) is 60.5 Å². The Morgan fingerprint density at radius 2 is 1.70 bits per heavy atom. The SMILES string of the molecule is Cc1c(C(=N)N(O)c2ccccc2)oc2ccccc12. The van der Waals surface area contributed by atoms with E-state index >= 15 is 0 Å². The lowest BCUT2D eigenvalue weighted by atomic mass is 10.1. The van der Waals surface area contributed by atoms with E-state index in [1.54, 1.807) is 24.3 Å². The lowest BCUT2D eigenvalue weighted by molar-refractivity contribution is 0.309. The Morgan fingerprint density at radius 1 is 1.05 bits per heavy atom. The number of hydroxylamine groups is 1. The molecule has 2 aromatic carbocycles. The number of nitrogens with one attached hydrogen (secondary N) is 1. The highest BCUT2D eigenvalue weighted by molar-refractivity contribution is 6.08. The van der Waals surface area contributed by atoms with Gasteiger partial charge in [0.05, 0.1) is 5.69 Å². The molecule has 3 aromatic rings. The first-order chi connectivity index (χ1) is 9.68. The molecule has 0 saturated heterocycles. The number of furan rings is 1. The van der Waals surface area contributed by atoms with Gasteiger partial charge in [0, 0.05) is 10.9 Å². The largest absolute Gasteiger partial charge is 0.452 e. The Kier molecular flexibility index (Phi) is 3.00. The number of para-hydroxylation sites is 2. The summed E-state index contributed by atoms with van der Waals surface area (Å²) in [6, 6.07) is 16.5. The van der Waals surface area contributed by atoms with Crippen molar-refractivity contribution in [2.45, 2.75) is 6.92 Å². The van der Waals surface area contributed by atoms with Crippen LogP contribution in [0.15, 0.2) is 59.0 Å². The van der Waals surface area contributed by atoms with E-state index in [0.717, 1.165) is 16.0 Å². The summed E-state index contributed by atoms with van der Waals surface area (Å²) in [4.78, 5) is 0. The summed E-state index contributed by atoms with van der Waals surface area (Å²) in [5.41, 5.74) is 2.09.